The summed E-state index contributed by atoms with van der Waals surface area (Å²) in [5.41, 5.74) is -2.22. The zero-order valence-corrected chi connectivity index (χ0v) is 17.7. The summed E-state index contributed by atoms with van der Waals surface area (Å²) in [5, 5.41) is 7.43. The Morgan fingerprint density at radius 3 is 2.39 bits per heavy atom. The Labute approximate surface area is 188 Å². The van der Waals surface area contributed by atoms with Crippen LogP contribution in [0.2, 0.25) is 0 Å². The van der Waals surface area contributed by atoms with E-state index in [2.05, 4.69) is 10.4 Å². The van der Waals surface area contributed by atoms with Gasteiger partial charge in [-0.3, -0.25) is 9.59 Å². The van der Waals surface area contributed by atoms with Crippen LogP contribution in [0.4, 0.5) is 18.2 Å². The van der Waals surface area contributed by atoms with E-state index in [0.717, 1.165) is 35.6 Å². The van der Waals surface area contributed by atoms with Gasteiger partial charge < -0.3 is 10.1 Å². The summed E-state index contributed by atoms with van der Waals surface area (Å²) >= 11 is 0.838. The maximum Gasteiger partial charge on any atom is 0.359 e. The lowest BCUT2D eigenvalue weighted by molar-refractivity contribution is 0.0519. The number of para-hydroxylation sites is 1. The van der Waals surface area contributed by atoms with Crippen LogP contribution in [0.5, 0.6) is 0 Å². The third-order valence-corrected chi connectivity index (χ3v) is 5.51. The summed E-state index contributed by atoms with van der Waals surface area (Å²) in [6, 6.07) is 8.20. The monoisotopic (exact) mass is 473 g/mol. The fraction of sp³-hybridized carbons (Fsp3) is 0.0909. The number of halogens is 3. The second-order valence-electron chi connectivity index (χ2n) is 6.64. The minimum atomic E-state index is -1.14. The predicted molar refractivity (Wildman–Crippen MR) is 115 cm³/mol. The summed E-state index contributed by atoms with van der Waals surface area (Å²) in [5.74, 6) is -4.98. The zero-order valence-electron chi connectivity index (χ0n) is 16.9. The Balaban J connectivity index is 1.93. The number of anilines is 1. The lowest BCUT2D eigenvalue weighted by Crippen LogP contribution is -2.26. The van der Waals surface area contributed by atoms with E-state index >= 15 is 0 Å². The van der Waals surface area contributed by atoms with Crippen LogP contribution < -0.4 is 10.9 Å². The highest BCUT2D eigenvalue weighted by Gasteiger charge is 2.25. The third kappa shape index (κ3) is 3.98. The highest BCUT2D eigenvalue weighted by molar-refractivity contribution is 7.16. The number of carbonyl (C=O) groups excluding carboxylic acids is 2. The summed E-state index contributed by atoms with van der Waals surface area (Å²) in [4.78, 5) is 38.3. The number of hydrogen-bond donors (Lipinski definition) is 1. The molecule has 0 aliphatic carbocycles. The first-order valence-electron chi connectivity index (χ1n) is 9.55. The molecule has 0 spiro atoms. The van der Waals surface area contributed by atoms with Crippen molar-refractivity contribution in [2.45, 2.75) is 6.92 Å². The smallest absolute Gasteiger partial charge is 0.359 e. The number of aromatic nitrogens is 2. The highest BCUT2D eigenvalue weighted by atomic mass is 32.1. The van der Waals surface area contributed by atoms with Gasteiger partial charge in [-0.1, -0.05) is 18.2 Å². The van der Waals surface area contributed by atoms with Crippen molar-refractivity contribution in [3.05, 3.63) is 86.9 Å². The third-order valence-electron chi connectivity index (χ3n) is 4.62. The van der Waals surface area contributed by atoms with Gasteiger partial charge in [-0.2, -0.15) is 9.78 Å². The molecule has 0 atom stereocenters. The molecule has 1 N–H and O–H groups in total. The van der Waals surface area contributed by atoms with Gasteiger partial charge in [0.25, 0.3) is 11.5 Å². The van der Waals surface area contributed by atoms with E-state index in [0.29, 0.717) is 4.68 Å². The molecule has 0 saturated heterocycles. The summed E-state index contributed by atoms with van der Waals surface area (Å²) < 4.78 is 48.2. The van der Waals surface area contributed by atoms with Crippen molar-refractivity contribution in [2.75, 3.05) is 11.9 Å². The van der Waals surface area contributed by atoms with Crippen LogP contribution in [0, 0.1) is 17.5 Å². The Hall–Kier alpha value is -3.99. The van der Waals surface area contributed by atoms with Gasteiger partial charge in [-0.25, -0.2) is 18.0 Å². The quantitative estimate of drug-likeness (QED) is 0.437. The maximum atomic E-state index is 14.4. The van der Waals surface area contributed by atoms with Crippen LogP contribution in [0.25, 0.3) is 16.5 Å². The number of benzene rings is 2. The molecule has 0 aliphatic heterocycles. The van der Waals surface area contributed by atoms with Gasteiger partial charge in [0.05, 0.1) is 12.0 Å². The molecule has 4 aromatic rings. The fourth-order valence-electron chi connectivity index (χ4n) is 3.16. The molecule has 0 saturated carbocycles. The normalized spacial score (nSPS) is 10.9. The lowest BCUT2D eigenvalue weighted by atomic mass is 10.1. The Morgan fingerprint density at radius 2 is 1.73 bits per heavy atom. The molecule has 11 heteroatoms. The molecule has 0 fully saturated rings. The standard InChI is InChI=1S/C22H14F3N3O4S/c1-2-32-22(31)18-11-10-33-20(26-19(29)17-13(24)7-5-8-14(17)25)16(11)21(30)28(27-18)15-9-4-3-6-12(15)23/h3-10H,2H2,1H3,(H,26,29). The van der Waals surface area contributed by atoms with E-state index in [4.69, 9.17) is 4.74 Å². The van der Waals surface area contributed by atoms with Gasteiger partial charge in [0.15, 0.2) is 5.69 Å². The fourth-order valence-corrected chi connectivity index (χ4v) is 4.09. The van der Waals surface area contributed by atoms with Gasteiger partial charge in [0, 0.05) is 10.8 Å². The van der Waals surface area contributed by atoms with Crippen molar-refractivity contribution < 1.29 is 27.5 Å². The first-order chi connectivity index (χ1) is 15.8. The van der Waals surface area contributed by atoms with Crippen LogP contribution in [0.3, 0.4) is 0 Å². The Morgan fingerprint density at radius 1 is 1.06 bits per heavy atom. The van der Waals surface area contributed by atoms with Crippen molar-refractivity contribution in [1.29, 1.82) is 0 Å². The predicted octanol–water partition coefficient (Wildman–Crippen LogP) is 4.29. The van der Waals surface area contributed by atoms with E-state index < -0.39 is 40.5 Å². The number of esters is 1. The molecule has 0 bridgehead atoms. The molecule has 7 nitrogen and oxygen atoms in total. The van der Waals surface area contributed by atoms with E-state index in [1.807, 2.05) is 0 Å². The Kier molecular flexibility index (Phi) is 5.97. The van der Waals surface area contributed by atoms with Crippen LogP contribution in [0.15, 0.2) is 52.6 Å². The summed E-state index contributed by atoms with van der Waals surface area (Å²) in [6.07, 6.45) is 0. The number of amides is 1. The summed E-state index contributed by atoms with van der Waals surface area (Å²) in [6.45, 7) is 1.59. The second kappa shape index (κ2) is 8.87. The van der Waals surface area contributed by atoms with Crippen LogP contribution in [0.1, 0.15) is 27.8 Å². The van der Waals surface area contributed by atoms with E-state index in [-0.39, 0.29) is 33.8 Å². The van der Waals surface area contributed by atoms with Crippen molar-refractivity contribution in [2.24, 2.45) is 0 Å². The van der Waals surface area contributed by atoms with Gasteiger partial charge >= 0.3 is 5.97 Å². The molecule has 0 aliphatic rings. The van der Waals surface area contributed by atoms with Crippen LogP contribution in [-0.4, -0.2) is 28.3 Å². The molecule has 33 heavy (non-hydrogen) atoms. The minimum Gasteiger partial charge on any atom is -0.461 e. The molecule has 0 radical (unpaired) electrons. The van der Waals surface area contributed by atoms with Gasteiger partial charge in [-0.15, -0.1) is 11.3 Å². The number of thiophene rings is 1. The summed E-state index contributed by atoms with van der Waals surface area (Å²) in [7, 11) is 0. The van der Waals surface area contributed by atoms with Gasteiger partial charge in [0.2, 0.25) is 0 Å². The molecule has 0 unspecified atom stereocenters. The number of nitrogens with one attached hydrogen (secondary N) is 1. The molecule has 2 aromatic heterocycles. The number of nitrogens with zero attached hydrogens (tertiary/aromatic N) is 2. The SMILES string of the molecule is CCOC(=O)c1nn(-c2ccccc2F)c(=O)c2c(NC(=O)c3c(F)cccc3F)scc12. The number of carbonyl (C=O) groups is 2. The molecular weight excluding hydrogens is 459 g/mol. The molecule has 1 amide bonds. The largest absolute Gasteiger partial charge is 0.461 e. The number of ether oxygens (including phenoxy) is 1. The topological polar surface area (TPSA) is 90.3 Å². The number of fused-ring (bicyclic) bond motifs is 1. The molecule has 2 heterocycles. The molecule has 4 rings (SSSR count). The molecule has 168 valence electrons. The van der Waals surface area contributed by atoms with Gasteiger partial charge in [0.1, 0.15) is 33.7 Å². The number of rotatable bonds is 5. The molecular formula is C22H14F3N3O4S. The van der Waals surface area contributed by atoms with Crippen molar-refractivity contribution in [3.8, 4) is 5.69 Å². The Bertz CT molecular complexity index is 1450. The minimum absolute atomic E-state index is 0.0150. The number of hydrogen-bond acceptors (Lipinski definition) is 6. The average Bonchev–Trinajstić information content (AvgIpc) is 3.19. The van der Waals surface area contributed by atoms with E-state index in [1.54, 1.807) is 6.92 Å². The zero-order chi connectivity index (χ0) is 23.7. The van der Waals surface area contributed by atoms with Crippen molar-refractivity contribution >= 4 is 39.0 Å². The highest BCUT2D eigenvalue weighted by Crippen LogP contribution is 2.31. The van der Waals surface area contributed by atoms with Crippen LogP contribution >= 0.6 is 11.3 Å². The maximum absolute atomic E-state index is 14.4. The first-order valence-corrected chi connectivity index (χ1v) is 10.4. The van der Waals surface area contributed by atoms with Gasteiger partial charge in [-0.05, 0) is 31.2 Å². The van der Waals surface area contributed by atoms with Crippen molar-refractivity contribution in [1.82, 2.24) is 9.78 Å². The van der Waals surface area contributed by atoms with Crippen LogP contribution in [-0.2, 0) is 4.74 Å². The lowest BCUT2D eigenvalue weighted by Gasteiger charge is -2.10. The first kappa shape index (κ1) is 22.2. The molecule has 2 aromatic carbocycles. The second-order valence-corrected chi connectivity index (χ2v) is 7.52. The van der Waals surface area contributed by atoms with E-state index in [1.165, 1.54) is 23.6 Å². The van der Waals surface area contributed by atoms with Crippen molar-refractivity contribution in [3.63, 3.8) is 0 Å². The average molecular weight is 473 g/mol. The van der Waals surface area contributed by atoms with E-state index in [9.17, 15) is 27.6 Å².